The molecule has 1 aromatic carbocycles. The molecule has 0 radical (unpaired) electrons. The highest BCUT2D eigenvalue weighted by molar-refractivity contribution is 5.94. The molecule has 0 spiro atoms. The van der Waals surface area contributed by atoms with E-state index in [2.05, 4.69) is 36.7 Å². The van der Waals surface area contributed by atoms with Crippen molar-refractivity contribution in [3.63, 3.8) is 0 Å². The molecule has 0 aliphatic heterocycles. The van der Waals surface area contributed by atoms with E-state index in [-0.39, 0.29) is 17.7 Å². The van der Waals surface area contributed by atoms with Crippen molar-refractivity contribution in [2.75, 3.05) is 5.32 Å². The zero-order valence-electron chi connectivity index (χ0n) is 21.3. The second kappa shape index (κ2) is 8.78. The first kappa shape index (κ1) is 23.5. The molecule has 34 heavy (non-hydrogen) atoms. The number of amides is 1. The first-order valence-corrected chi connectivity index (χ1v) is 13.2. The Morgan fingerprint density at radius 3 is 2.53 bits per heavy atom. The van der Waals surface area contributed by atoms with Crippen molar-refractivity contribution in [2.45, 2.75) is 103 Å². The monoisotopic (exact) mass is 464 g/mol. The van der Waals surface area contributed by atoms with Crippen LogP contribution < -0.4 is 5.32 Å². The molecule has 6 nitrogen and oxygen atoms in total. The van der Waals surface area contributed by atoms with Crippen LogP contribution in [0.4, 0.5) is 5.69 Å². The van der Waals surface area contributed by atoms with E-state index >= 15 is 0 Å². The van der Waals surface area contributed by atoms with Gasteiger partial charge in [-0.2, -0.15) is 0 Å². The van der Waals surface area contributed by atoms with Crippen molar-refractivity contribution >= 4 is 11.6 Å². The summed E-state index contributed by atoms with van der Waals surface area (Å²) in [4.78, 5) is 13.5. The molecule has 0 saturated heterocycles. The van der Waals surface area contributed by atoms with Gasteiger partial charge in [0.05, 0.1) is 11.5 Å². The molecule has 3 aliphatic rings. The first-order chi connectivity index (χ1) is 16.1. The highest BCUT2D eigenvalue weighted by Gasteiger charge is 2.49. The molecule has 1 unspecified atom stereocenters. The molecule has 3 fully saturated rings. The van der Waals surface area contributed by atoms with E-state index in [0.29, 0.717) is 24.8 Å². The molecule has 2 N–H and O–H groups in total. The summed E-state index contributed by atoms with van der Waals surface area (Å²) in [5.74, 6) is 3.59. The Hall–Kier alpha value is -2.21. The van der Waals surface area contributed by atoms with Gasteiger partial charge in [0.2, 0.25) is 5.91 Å². The fourth-order valence-corrected chi connectivity index (χ4v) is 6.40. The van der Waals surface area contributed by atoms with Gasteiger partial charge in [0.25, 0.3) is 0 Å². The predicted molar refractivity (Wildman–Crippen MR) is 134 cm³/mol. The lowest BCUT2D eigenvalue weighted by molar-refractivity contribution is -0.120. The van der Waals surface area contributed by atoms with Crippen LogP contribution in [-0.2, 0) is 4.79 Å². The summed E-state index contributed by atoms with van der Waals surface area (Å²) in [5, 5.41) is 23.6. The number of carbonyl (C=O) groups is 1. The Balaban J connectivity index is 1.39. The Bertz CT molecular complexity index is 1060. The number of benzene rings is 1. The smallest absolute Gasteiger partial charge is 0.228 e. The topological polar surface area (TPSA) is 80.0 Å². The number of aryl methyl sites for hydroxylation is 2. The van der Waals surface area contributed by atoms with Crippen LogP contribution >= 0.6 is 0 Å². The zero-order chi connectivity index (χ0) is 24.2. The predicted octanol–water partition coefficient (Wildman–Crippen LogP) is 5.65. The molecule has 3 atom stereocenters. The number of anilines is 1. The summed E-state index contributed by atoms with van der Waals surface area (Å²) < 4.78 is 2.37. The maximum atomic E-state index is 13.5. The standard InChI is InChI=1S/C28H40N4O2/c1-16(2)10-19-12-20(13-19)25-30-31-26(32(25)21-7-8-21)22-14-28(5,34)15-23(22)27(33)29-24-9-6-17(3)11-18(24)4/h6,9,11,16,19-23,34H,7-8,10,12-15H2,1-5H3,(H,29,33)/t19?,20?,22-,23-,28?/m1/s1. The number of aliphatic hydroxyl groups is 1. The van der Waals surface area contributed by atoms with E-state index in [1.807, 2.05) is 26.0 Å². The highest BCUT2D eigenvalue weighted by Crippen LogP contribution is 2.51. The van der Waals surface area contributed by atoms with Crippen molar-refractivity contribution in [1.82, 2.24) is 14.8 Å². The number of carbonyl (C=O) groups excluding carboxylic acids is 1. The molecule has 1 amide bonds. The van der Waals surface area contributed by atoms with Gasteiger partial charge in [0.1, 0.15) is 11.6 Å². The summed E-state index contributed by atoms with van der Waals surface area (Å²) >= 11 is 0. The fourth-order valence-electron chi connectivity index (χ4n) is 6.40. The van der Waals surface area contributed by atoms with E-state index < -0.39 is 5.60 Å². The average molecular weight is 465 g/mol. The SMILES string of the molecule is Cc1ccc(NC(=O)[C@@H]2CC(C)(O)C[C@H]2c2nnc(C3CC(CC(C)C)C3)n2C2CC2)c(C)c1. The van der Waals surface area contributed by atoms with Crippen molar-refractivity contribution in [2.24, 2.45) is 17.8 Å². The van der Waals surface area contributed by atoms with E-state index in [0.717, 1.165) is 47.6 Å². The summed E-state index contributed by atoms with van der Waals surface area (Å²) in [6, 6.07) is 6.53. The van der Waals surface area contributed by atoms with Crippen LogP contribution in [0, 0.1) is 31.6 Å². The van der Waals surface area contributed by atoms with Crippen molar-refractivity contribution in [1.29, 1.82) is 0 Å². The summed E-state index contributed by atoms with van der Waals surface area (Å²) in [5.41, 5.74) is 2.19. The van der Waals surface area contributed by atoms with Crippen LogP contribution in [0.2, 0.25) is 0 Å². The summed E-state index contributed by atoms with van der Waals surface area (Å²) in [7, 11) is 0. The molecule has 3 saturated carbocycles. The van der Waals surface area contributed by atoms with Gasteiger partial charge < -0.3 is 15.0 Å². The molecular weight excluding hydrogens is 424 g/mol. The average Bonchev–Trinajstić information content (AvgIpc) is 3.38. The molecule has 6 heteroatoms. The Morgan fingerprint density at radius 1 is 1.18 bits per heavy atom. The van der Waals surface area contributed by atoms with Crippen LogP contribution in [0.25, 0.3) is 0 Å². The highest BCUT2D eigenvalue weighted by atomic mass is 16.3. The van der Waals surface area contributed by atoms with E-state index in [1.54, 1.807) is 0 Å². The van der Waals surface area contributed by atoms with E-state index in [4.69, 9.17) is 10.2 Å². The summed E-state index contributed by atoms with van der Waals surface area (Å²) in [6.07, 6.45) is 6.98. The van der Waals surface area contributed by atoms with Crippen LogP contribution in [0.5, 0.6) is 0 Å². The number of hydrogen-bond donors (Lipinski definition) is 2. The van der Waals surface area contributed by atoms with Crippen molar-refractivity contribution < 1.29 is 9.90 Å². The third-order valence-electron chi connectivity index (χ3n) is 8.18. The number of hydrogen-bond acceptors (Lipinski definition) is 4. The maximum absolute atomic E-state index is 13.5. The number of rotatable bonds is 7. The van der Waals surface area contributed by atoms with Crippen LogP contribution in [-0.4, -0.2) is 31.4 Å². The van der Waals surface area contributed by atoms with Gasteiger partial charge in [-0.1, -0.05) is 31.5 Å². The van der Waals surface area contributed by atoms with Crippen molar-refractivity contribution in [3.8, 4) is 0 Å². The van der Waals surface area contributed by atoms with Gasteiger partial charge in [-0.3, -0.25) is 4.79 Å². The molecular formula is C28H40N4O2. The zero-order valence-corrected chi connectivity index (χ0v) is 21.3. The Kier molecular flexibility index (Phi) is 6.07. The van der Waals surface area contributed by atoms with Gasteiger partial charge in [0, 0.05) is 23.6 Å². The van der Waals surface area contributed by atoms with Crippen molar-refractivity contribution in [3.05, 3.63) is 41.0 Å². The van der Waals surface area contributed by atoms with Gasteiger partial charge >= 0.3 is 0 Å². The lowest BCUT2D eigenvalue weighted by atomic mass is 9.71. The normalized spacial score (nSPS) is 31.0. The minimum atomic E-state index is -0.881. The molecule has 1 heterocycles. The minimum Gasteiger partial charge on any atom is -0.390 e. The number of nitrogens with zero attached hydrogens (tertiary/aromatic N) is 3. The second-order valence-corrected chi connectivity index (χ2v) is 12.1. The second-order valence-electron chi connectivity index (χ2n) is 12.1. The van der Waals surface area contributed by atoms with Crippen LogP contribution in [0.3, 0.4) is 0 Å². The summed E-state index contributed by atoms with van der Waals surface area (Å²) in [6.45, 7) is 10.5. The van der Waals surface area contributed by atoms with E-state index in [9.17, 15) is 9.90 Å². The van der Waals surface area contributed by atoms with Gasteiger partial charge in [-0.15, -0.1) is 10.2 Å². The third-order valence-corrected chi connectivity index (χ3v) is 8.18. The van der Waals surface area contributed by atoms with Crippen LogP contribution in [0.15, 0.2) is 18.2 Å². The fraction of sp³-hybridized carbons (Fsp3) is 0.679. The van der Waals surface area contributed by atoms with Gasteiger partial charge in [-0.25, -0.2) is 0 Å². The quantitative estimate of drug-likeness (QED) is 0.555. The number of nitrogens with one attached hydrogen (secondary N) is 1. The Morgan fingerprint density at radius 2 is 1.88 bits per heavy atom. The van der Waals surface area contributed by atoms with Crippen LogP contribution in [0.1, 0.15) is 106 Å². The molecule has 1 aromatic heterocycles. The lowest BCUT2D eigenvalue weighted by Crippen LogP contribution is -2.28. The number of aromatic nitrogens is 3. The molecule has 3 aliphatic carbocycles. The Labute approximate surface area is 203 Å². The molecule has 184 valence electrons. The van der Waals surface area contributed by atoms with Gasteiger partial charge in [0.15, 0.2) is 0 Å². The minimum absolute atomic E-state index is 0.0257. The van der Waals surface area contributed by atoms with Gasteiger partial charge in [-0.05, 0) is 89.2 Å². The molecule has 0 bridgehead atoms. The molecule has 5 rings (SSSR count). The maximum Gasteiger partial charge on any atom is 0.228 e. The lowest BCUT2D eigenvalue weighted by Gasteiger charge is -2.36. The largest absolute Gasteiger partial charge is 0.390 e. The first-order valence-electron chi connectivity index (χ1n) is 13.2. The molecule has 2 aromatic rings. The third kappa shape index (κ3) is 4.66. The van der Waals surface area contributed by atoms with E-state index in [1.165, 1.54) is 24.8 Å².